The van der Waals surface area contributed by atoms with Gasteiger partial charge in [0.25, 0.3) is 0 Å². The Labute approximate surface area is 115 Å². The van der Waals surface area contributed by atoms with Crippen molar-refractivity contribution < 1.29 is 0 Å². The van der Waals surface area contributed by atoms with Crippen LogP contribution in [0.5, 0.6) is 0 Å². The zero-order chi connectivity index (χ0) is 11.5. The predicted octanol–water partition coefficient (Wildman–Crippen LogP) is 2.57. The van der Waals surface area contributed by atoms with Crippen molar-refractivity contribution in [3.63, 3.8) is 0 Å². The lowest BCUT2D eigenvalue weighted by Gasteiger charge is -1.99. The molecule has 0 amide bonds. The standard InChI is InChI=1S/C10H6BrIN4/c11-9-10(12)15-16(14-9)6-8-3-1-7(5-13)2-4-8/h1-4H,6H2. The lowest BCUT2D eigenvalue weighted by molar-refractivity contribution is 0.586. The fourth-order valence-corrected chi connectivity index (χ4v) is 1.85. The number of hydrogen-bond donors (Lipinski definition) is 0. The molecule has 0 saturated carbocycles. The second kappa shape index (κ2) is 4.93. The Kier molecular flexibility index (Phi) is 3.56. The lowest BCUT2D eigenvalue weighted by Crippen LogP contribution is -2.03. The van der Waals surface area contributed by atoms with E-state index in [9.17, 15) is 0 Å². The van der Waals surface area contributed by atoms with Gasteiger partial charge in [0, 0.05) is 0 Å². The summed E-state index contributed by atoms with van der Waals surface area (Å²) in [6.45, 7) is 0.604. The van der Waals surface area contributed by atoms with E-state index in [2.05, 4.69) is 54.8 Å². The molecule has 1 aromatic heterocycles. The monoisotopic (exact) mass is 388 g/mol. The molecule has 0 fully saturated rings. The highest BCUT2D eigenvalue weighted by Gasteiger charge is 2.05. The third kappa shape index (κ3) is 2.59. The molecule has 2 aromatic rings. The molecule has 0 aliphatic heterocycles. The molecule has 0 spiro atoms. The number of aromatic nitrogens is 3. The molecule has 16 heavy (non-hydrogen) atoms. The molecule has 80 valence electrons. The summed E-state index contributed by atoms with van der Waals surface area (Å²) in [7, 11) is 0. The highest BCUT2D eigenvalue weighted by Crippen LogP contribution is 2.13. The third-order valence-electron chi connectivity index (χ3n) is 1.98. The molecule has 0 bridgehead atoms. The van der Waals surface area contributed by atoms with Crippen LogP contribution in [0, 0.1) is 15.0 Å². The van der Waals surface area contributed by atoms with E-state index in [-0.39, 0.29) is 0 Å². The molecule has 0 radical (unpaired) electrons. The molecule has 1 aromatic carbocycles. The number of halogens is 2. The molecule has 0 unspecified atom stereocenters. The first-order valence-electron chi connectivity index (χ1n) is 4.44. The minimum absolute atomic E-state index is 0.604. The van der Waals surface area contributed by atoms with E-state index >= 15 is 0 Å². The predicted molar refractivity (Wildman–Crippen MR) is 70.7 cm³/mol. The SMILES string of the molecule is N#Cc1ccc(Cn2nc(Br)c(I)n2)cc1. The van der Waals surface area contributed by atoms with E-state index in [1.165, 1.54) is 0 Å². The first-order valence-corrected chi connectivity index (χ1v) is 6.31. The number of benzene rings is 1. The second-order valence-electron chi connectivity index (χ2n) is 3.12. The van der Waals surface area contributed by atoms with Crippen LogP contribution in [-0.4, -0.2) is 15.0 Å². The summed E-state index contributed by atoms with van der Waals surface area (Å²) in [6.07, 6.45) is 0. The van der Waals surface area contributed by atoms with Crippen molar-refractivity contribution in [3.05, 3.63) is 43.7 Å². The quantitative estimate of drug-likeness (QED) is 0.743. The Morgan fingerprint density at radius 1 is 1.31 bits per heavy atom. The highest BCUT2D eigenvalue weighted by atomic mass is 127. The molecular formula is C10H6BrIN4. The van der Waals surface area contributed by atoms with Gasteiger partial charge in [0.15, 0.2) is 8.30 Å². The first-order chi connectivity index (χ1) is 7.69. The Morgan fingerprint density at radius 3 is 2.50 bits per heavy atom. The second-order valence-corrected chi connectivity index (χ2v) is 4.89. The molecule has 0 atom stereocenters. The normalized spacial score (nSPS) is 10.1. The number of nitriles is 1. The van der Waals surface area contributed by atoms with Gasteiger partial charge in [0.05, 0.1) is 18.2 Å². The topological polar surface area (TPSA) is 54.5 Å². The summed E-state index contributed by atoms with van der Waals surface area (Å²) in [6, 6.07) is 9.48. The minimum atomic E-state index is 0.604. The first kappa shape index (κ1) is 11.5. The van der Waals surface area contributed by atoms with Crippen LogP contribution in [0.3, 0.4) is 0 Å². The van der Waals surface area contributed by atoms with Crippen LogP contribution in [-0.2, 0) is 6.54 Å². The van der Waals surface area contributed by atoms with Gasteiger partial charge in [0.1, 0.15) is 0 Å². The van der Waals surface area contributed by atoms with Crippen molar-refractivity contribution >= 4 is 38.5 Å². The zero-order valence-corrected chi connectivity index (χ0v) is 11.8. The van der Waals surface area contributed by atoms with Crippen LogP contribution in [0.2, 0.25) is 0 Å². The van der Waals surface area contributed by atoms with Crippen molar-refractivity contribution in [2.45, 2.75) is 6.54 Å². The number of nitrogens with zero attached hydrogens (tertiary/aromatic N) is 4. The number of rotatable bonds is 2. The molecule has 0 aliphatic rings. The van der Waals surface area contributed by atoms with E-state index in [1.54, 1.807) is 16.9 Å². The molecular weight excluding hydrogens is 383 g/mol. The van der Waals surface area contributed by atoms with Gasteiger partial charge in [-0.2, -0.15) is 10.1 Å². The van der Waals surface area contributed by atoms with Gasteiger partial charge in [-0.1, -0.05) is 12.1 Å². The lowest BCUT2D eigenvalue weighted by atomic mass is 10.1. The zero-order valence-electron chi connectivity index (χ0n) is 8.06. The Morgan fingerprint density at radius 2 is 2.00 bits per heavy atom. The summed E-state index contributed by atoms with van der Waals surface area (Å²) >= 11 is 5.42. The van der Waals surface area contributed by atoms with Gasteiger partial charge >= 0.3 is 0 Å². The third-order valence-corrected chi connectivity index (χ3v) is 3.99. The maximum Gasteiger partial charge on any atom is 0.161 e. The molecule has 0 aliphatic carbocycles. The van der Waals surface area contributed by atoms with E-state index in [0.717, 1.165) is 13.9 Å². The number of hydrogen-bond acceptors (Lipinski definition) is 3. The van der Waals surface area contributed by atoms with E-state index in [0.29, 0.717) is 12.1 Å². The molecule has 0 saturated heterocycles. The van der Waals surface area contributed by atoms with Gasteiger partial charge in [-0.25, -0.2) is 0 Å². The maximum atomic E-state index is 8.67. The summed E-state index contributed by atoms with van der Waals surface area (Å²) < 4.78 is 1.59. The van der Waals surface area contributed by atoms with Crippen LogP contribution in [0.25, 0.3) is 0 Å². The van der Waals surface area contributed by atoms with Crippen LogP contribution < -0.4 is 0 Å². The average molecular weight is 389 g/mol. The Bertz CT molecular complexity index is 521. The average Bonchev–Trinajstić information content (AvgIpc) is 2.59. The van der Waals surface area contributed by atoms with Crippen LogP contribution in [0.1, 0.15) is 11.1 Å². The molecule has 4 nitrogen and oxygen atoms in total. The van der Waals surface area contributed by atoms with Crippen molar-refractivity contribution in [1.29, 1.82) is 5.26 Å². The van der Waals surface area contributed by atoms with E-state index in [1.807, 2.05) is 12.1 Å². The van der Waals surface area contributed by atoms with Crippen molar-refractivity contribution in [3.8, 4) is 6.07 Å². The van der Waals surface area contributed by atoms with Gasteiger partial charge in [-0.15, -0.1) is 10.2 Å². The molecule has 1 heterocycles. The Balaban J connectivity index is 2.18. The van der Waals surface area contributed by atoms with Gasteiger partial charge in [-0.05, 0) is 56.2 Å². The summed E-state index contributed by atoms with van der Waals surface area (Å²) in [4.78, 5) is 1.62. The summed E-state index contributed by atoms with van der Waals surface area (Å²) in [5.74, 6) is 0. The molecule has 0 N–H and O–H groups in total. The largest absolute Gasteiger partial charge is 0.192 e. The Hall–Kier alpha value is -0.940. The van der Waals surface area contributed by atoms with E-state index in [4.69, 9.17) is 5.26 Å². The van der Waals surface area contributed by atoms with Crippen molar-refractivity contribution in [2.24, 2.45) is 0 Å². The molecule has 2 rings (SSSR count). The minimum Gasteiger partial charge on any atom is -0.192 e. The van der Waals surface area contributed by atoms with Crippen LogP contribution in [0.15, 0.2) is 28.9 Å². The summed E-state index contributed by atoms with van der Waals surface area (Å²) in [5.41, 5.74) is 1.73. The molecule has 6 heteroatoms. The van der Waals surface area contributed by atoms with Crippen molar-refractivity contribution in [1.82, 2.24) is 15.0 Å². The van der Waals surface area contributed by atoms with Crippen molar-refractivity contribution in [2.75, 3.05) is 0 Å². The van der Waals surface area contributed by atoms with Gasteiger partial charge in [0.2, 0.25) is 0 Å². The smallest absolute Gasteiger partial charge is 0.161 e. The van der Waals surface area contributed by atoms with E-state index < -0.39 is 0 Å². The fourth-order valence-electron chi connectivity index (χ4n) is 1.23. The van der Waals surface area contributed by atoms with Gasteiger partial charge < -0.3 is 0 Å². The maximum absolute atomic E-state index is 8.67. The van der Waals surface area contributed by atoms with Crippen LogP contribution in [0.4, 0.5) is 0 Å². The highest BCUT2D eigenvalue weighted by molar-refractivity contribution is 14.1. The van der Waals surface area contributed by atoms with Gasteiger partial charge in [-0.3, -0.25) is 0 Å². The summed E-state index contributed by atoms with van der Waals surface area (Å²) in [5, 5.41) is 17.1. The fraction of sp³-hybridized carbons (Fsp3) is 0.100. The van der Waals surface area contributed by atoms with Crippen LogP contribution >= 0.6 is 38.5 Å².